The van der Waals surface area contributed by atoms with Gasteiger partial charge in [0.25, 0.3) is 0 Å². The molecule has 0 bridgehead atoms. The summed E-state index contributed by atoms with van der Waals surface area (Å²) < 4.78 is 40.6. The Kier molecular flexibility index (Phi) is 6.01. The molecule has 0 aromatic heterocycles. The number of urea groups is 1. The second-order valence-electron chi connectivity index (χ2n) is 4.19. The molecule has 8 heteroatoms. The molecule has 1 rings (SSSR count). The number of esters is 1. The number of amides is 2. The van der Waals surface area contributed by atoms with Crippen LogP contribution < -0.4 is 10.6 Å². The van der Waals surface area contributed by atoms with E-state index in [1.807, 2.05) is 0 Å². The molecule has 1 aromatic carbocycles. The van der Waals surface area contributed by atoms with Crippen LogP contribution in [0.2, 0.25) is 0 Å². The van der Waals surface area contributed by atoms with Crippen LogP contribution in [0.4, 0.5) is 18.0 Å². The molecule has 1 aromatic rings. The molecule has 0 radical (unpaired) electrons. The Morgan fingerprint density at radius 2 is 1.86 bits per heavy atom. The van der Waals surface area contributed by atoms with Gasteiger partial charge in [-0.1, -0.05) is 30.3 Å². The summed E-state index contributed by atoms with van der Waals surface area (Å²) in [6, 6.07) is 6.64. The van der Waals surface area contributed by atoms with Crippen molar-refractivity contribution in [2.24, 2.45) is 0 Å². The maximum absolute atomic E-state index is 12.0. The molecular formula is C13H15F3N2O3. The lowest BCUT2D eigenvalue weighted by Crippen LogP contribution is -2.42. The second-order valence-corrected chi connectivity index (χ2v) is 4.19. The van der Waals surface area contributed by atoms with E-state index < -0.39 is 30.8 Å². The first kappa shape index (κ1) is 16.8. The zero-order chi connectivity index (χ0) is 15.9. The molecule has 0 aliphatic carbocycles. The third-order valence-corrected chi connectivity index (χ3v) is 2.56. The van der Waals surface area contributed by atoms with E-state index in [4.69, 9.17) is 0 Å². The Bertz CT molecular complexity index is 477. The van der Waals surface area contributed by atoms with Gasteiger partial charge in [-0.05, 0) is 5.56 Å². The van der Waals surface area contributed by atoms with Gasteiger partial charge in [0.15, 0.2) is 0 Å². The third-order valence-electron chi connectivity index (χ3n) is 2.56. The maximum Gasteiger partial charge on any atom is 0.405 e. The van der Waals surface area contributed by atoms with Crippen molar-refractivity contribution in [3.8, 4) is 0 Å². The van der Waals surface area contributed by atoms with Crippen molar-refractivity contribution in [1.82, 2.24) is 10.6 Å². The zero-order valence-electron chi connectivity index (χ0n) is 11.2. The third kappa shape index (κ3) is 6.64. The molecular weight excluding hydrogens is 289 g/mol. The predicted molar refractivity (Wildman–Crippen MR) is 68.4 cm³/mol. The number of nitrogens with one attached hydrogen (secondary N) is 2. The molecule has 0 heterocycles. The first-order valence-electron chi connectivity index (χ1n) is 6.04. The highest BCUT2D eigenvalue weighted by atomic mass is 19.4. The molecule has 21 heavy (non-hydrogen) atoms. The summed E-state index contributed by atoms with van der Waals surface area (Å²) >= 11 is 0. The van der Waals surface area contributed by atoms with Crippen molar-refractivity contribution in [2.45, 2.75) is 18.6 Å². The molecule has 1 unspecified atom stereocenters. The lowest BCUT2D eigenvalue weighted by atomic mass is 10.0. The van der Waals surface area contributed by atoms with E-state index in [0.29, 0.717) is 5.56 Å². The molecule has 0 spiro atoms. The van der Waals surface area contributed by atoms with E-state index in [9.17, 15) is 22.8 Å². The summed E-state index contributed by atoms with van der Waals surface area (Å²) in [5.74, 6) is -0.583. The summed E-state index contributed by atoms with van der Waals surface area (Å²) in [7, 11) is 1.19. The number of benzene rings is 1. The van der Waals surface area contributed by atoms with Gasteiger partial charge in [0.2, 0.25) is 0 Å². The van der Waals surface area contributed by atoms with Gasteiger partial charge >= 0.3 is 18.2 Å². The van der Waals surface area contributed by atoms with E-state index in [0.717, 1.165) is 0 Å². The predicted octanol–water partition coefficient (Wildman–Crippen LogP) is 2.15. The van der Waals surface area contributed by atoms with Crippen LogP contribution >= 0.6 is 0 Å². The van der Waals surface area contributed by atoms with Gasteiger partial charge in [0.1, 0.15) is 6.54 Å². The molecule has 1 atom stereocenters. The average Bonchev–Trinajstić information content (AvgIpc) is 2.44. The Labute approximate surface area is 119 Å². The molecule has 0 saturated carbocycles. The SMILES string of the molecule is COC(=O)CC(NC(=O)NCC(F)(F)F)c1ccccc1. The first-order chi connectivity index (χ1) is 9.81. The van der Waals surface area contributed by atoms with Crippen LogP contribution in [0.15, 0.2) is 30.3 Å². The van der Waals surface area contributed by atoms with Crippen molar-refractivity contribution in [3.63, 3.8) is 0 Å². The Balaban J connectivity index is 2.69. The number of alkyl halides is 3. The minimum absolute atomic E-state index is 0.181. The zero-order valence-corrected chi connectivity index (χ0v) is 11.2. The minimum atomic E-state index is -4.50. The van der Waals surface area contributed by atoms with Crippen molar-refractivity contribution in [2.75, 3.05) is 13.7 Å². The summed E-state index contributed by atoms with van der Waals surface area (Å²) in [5, 5.41) is 4.01. The number of hydrogen-bond donors (Lipinski definition) is 2. The van der Waals surface area contributed by atoms with E-state index in [-0.39, 0.29) is 6.42 Å². The van der Waals surface area contributed by atoms with Crippen LogP contribution in [0.25, 0.3) is 0 Å². The summed E-state index contributed by atoms with van der Waals surface area (Å²) in [6.07, 6.45) is -4.68. The normalized spacial score (nSPS) is 12.4. The summed E-state index contributed by atoms with van der Waals surface area (Å²) in [6.45, 7) is -1.45. The van der Waals surface area contributed by atoms with Gasteiger partial charge < -0.3 is 15.4 Å². The van der Waals surface area contributed by atoms with Crippen LogP contribution in [0, 0.1) is 0 Å². The highest BCUT2D eigenvalue weighted by molar-refractivity contribution is 5.76. The van der Waals surface area contributed by atoms with Crippen LogP contribution in [-0.2, 0) is 9.53 Å². The quantitative estimate of drug-likeness (QED) is 0.819. The number of hydrogen-bond acceptors (Lipinski definition) is 3. The molecule has 0 saturated heterocycles. The van der Waals surface area contributed by atoms with Gasteiger partial charge in [0.05, 0.1) is 19.6 Å². The highest BCUT2D eigenvalue weighted by Gasteiger charge is 2.28. The van der Waals surface area contributed by atoms with Crippen LogP contribution in [0.1, 0.15) is 18.0 Å². The summed E-state index contributed by atoms with van der Waals surface area (Å²) in [5.41, 5.74) is 0.588. The topological polar surface area (TPSA) is 67.4 Å². The highest BCUT2D eigenvalue weighted by Crippen LogP contribution is 2.17. The molecule has 0 aliphatic rings. The first-order valence-corrected chi connectivity index (χ1v) is 6.04. The fourth-order valence-electron chi connectivity index (χ4n) is 1.58. The fourth-order valence-corrected chi connectivity index (χ4v) is 1.58. The van der Waals surface area contributed by atoms with Crippen LogP contribution in [0.3, 0.4) is 0 Å². The Morgan fingerprint density at radius 3 is 2.38 bits per heavy atom. The molecule has 5 nitrogen and oxygen atoms in total. The number of carbonyl (C=O) groups is 2. The second kappa shape index (κ2) is 7.51. The number of carbonyl (C=O) groups excluding carboxylic acids is 2. The standard InChI is InChI=1S/C13H15F3N2O3/c1-21-11(19)7-10(9-5-3-2-4-6-9)18-12(20)17-8-13(14,15)16/h2-6,10H,7-8H2,1H3,(H2,17,18,20). The molecule has 2 amide bonds. The van der Waals surface area contributed by atoms with Crippen molar-refractivity contribution >= 4 is 12.0 Å². The number of ether oxygens (including phenoxy) is 1. The Hall–Kier alpha value is -2.25. The summed E-state index contributed by atoms with van der Waals surface area (Å²) in [4.78, 5) is 22.8. The van der Waals surface area contributed by atoms with E-state index in [2.05, 4.69) is 10.1 Å². The number of methoxy groups -OCH3 is 1. The Morgan fingerprint density at radius 1 is 1.24 bits per heavy atom. The molecule has 0 fully saturated rings. The van der Waals surface area contributed by atoms with Crippen molar-refractivity contribution in [3.05, 3.63) is 35.9 Å². The van der Waals surface area contributed by atoms with Gasteiger partial charge in [-0.25, -0.2) is 4.79 Å². The van der Waals surface area contributed by atoms with E-state index >= 15 is 0 Å². The van der Waals surface area contributed by atoms with Gasteiger partial charge in [-0.15, -0.1) is 0 Å². The van der Waals surface area contributed by atoms with Crippen LogP contribution in [0.5, 0.6) is 0 Å². The smallest absolute Gasteiger partial charge is 0.405 e. The average molecular weight is 304 g/mol. The minimum Gasteiger partial charge on any atom is -0.469 e. The monoisotopic (exact) mass is 304 g/mol. The van der Waals surface area contributed by atoms with Crippen molar-refractivity contribution in [1.29, 1.82) is 0 Å². The van der Waals surface area contributed by atoms with Crippen molar-refractivity contribution < 1.29 is 27.5 Å². The van der Waals surface area contributed by atoms with Gasteiger partial charge in [0, 0.05) is 0 Å². The van der Waals surface area contributed by atoms with Crippen LogP contribution in [-0.4, -0.2) is 31.8 Å². The maximum atomic E-state index is 12.0. The van der Waals surface area contributed by atoms with Gasteiger partial charge in [-0.3, -0.25) is 4.79 Å². The number of rotatable bonds is 5. The lowest BCUT2D eigenvalue weighted by Gasteiger charge is -2.19. The number of halogens is 3. The van der Waals surface area contributed by atoms with E-state index in [1.54, 1.807) is 35.6 Å². The van der Waals surface area contributed by atoms with Gasteiger partial charge in [-0.2, -0.15) is 13.2 Å². The largest absolute Gasteiger partial charge is 0.469 e. The molecule has 2 N–H and O–H groups in total. The fraction of sp³-hybridized carbons (Fsp3) is 0.385. The van der Waals surface area contributed by atoms with E-state index in [1.165, 1.54) is 7.11 Å². The molecule has 0 aliphatic heterocycles. The molecule has 116 valence electrons. The lowest BCUT2D eigenvalue weighted by molar-refractivity contribution is -0.141.